The van der Waals surface area contributed by atoms with Gasteiger partial charge in [0.2, 0.25) is 0 Å². The Morgan fingerprint density at radius 1 is 1.38 bits per heavy atom. The molecule has 2 nitrogen and oxygen atoms in total. The summed E-state index contributed by atoms with van der Waals surface area (Å²) >= 11 is 2.15. The van der Waals surface area contributed by atoms with Gasteiger partial charge in [-0.1, -0.05) is 13.3 Å². The van der Waals surface area contributed by atoms with E-state index in [1.54, 1.807) is 0 Å². The van der Waals surface area contributed by atoms with Gasteiger partial charge < -0.3 is 10.1 Å². The zero-order valence-corrected chi connectivity index (χ0v) is 9.11. The van der Waals surface area contributed by atoms with E-state index < -0.39 is 0 Å². The molecule has 2 unspecified atom stereocenters. The fraction of sp³-hybridized carbons (Fsp3) is 1.00. The van der Waals surface area contributed by atoms with Crippen LogP contribution in [0, 0.1) is 0 Å². The lowest BCUT2D eigenvalue weighted by Gasteiger charge is -2.30. The monoisotopic (exact) mass is 201 g/mol. The van der Waals surface area contributed by atoms with Crippen molar-refractivity contribution < 1.29 is 4.74 Å². The van der Waals surface area contributed by atoms with Crippen LogP contribution in [0.1, 0.15) is 26.2 Å². The molecule has 0 aromatic carbocycles. The summed E-state index contributed by atoms with van der Waals surface area (Å²) in [4.78, 5) is 0. The fourth-order valence-electron chi connectivity index (χ4n) is 2.12. The molecule has 0 aromatic heterocycles. The van der Waals surface area contributed by atoms with Gasteiger partial charge in [-0.2, -0.15) is 0 Å². The maximum atomic E-state index is 5.20. The Labute approximate surface area is 84.8 Å². The maximum absolute atomic E-state index is 5.20. The van der Waals surface area contributed by atoms with E-state index in [1.807, 2.05) is 0 Å². The van der Waals surface area contributed by atoms with Crippen molar-refractivity contribution in [1.82, 2.24) is 5.32 Å². The smallest absolute Gasteiger partial charge is 0.0608 e. The normalized spacial score (nSPS) is 34.8. The standard InChI is InChI=1S/C10H19NOS/c1-2-11-9-4-3-5-10(9)13-8-6-12-7-8/h8-11H,2-7H2,1H3. The van der Waals surface area contributed by atoms with Crippen LogP contribution in [0.3, 0.4) is 0 Å². The zero-order valence-electron chi connectivity index (χ0n) is 8.29. The summed E-state index contributed by atoms with van der Waals surface area (Å²) in [5.41, 5.74) is 0. The van der Waals surface area contributed by atoms with E-state index in [-0.39, 0.29) is 0 Å². The van der Waals surface area contributed by atoms with E-state index in [0.717, 1.165) is 36.3 Å². The van der Waals surface area contributed by atoms with E-state index in [9.17, 15) is 0 Å². The van der Waals surface area contributed by atoms with Crippen molar-refractivity contribution in [1.29, 1.82) is 0 Å². The van der Waals surface area contributed by atoms with E-state index in [4.69, 9.17) is 4.74 Å². The molecule has 76 valence electrons. The number of thioether (sulfide) groups is 1. The highest BCUT2D eigenvalue weighted by atomic mass is 32.2. The van der Waals surface area contributed by atoms with E-state index in [1.165, 1.54) is 19.3 Å². The second-order valence-corrected chi connectivity index (χ2v) is 5.47. The van der Waals surface area contributed by atoms with Crippen LogP contribution in [0.4, 0.5) is 0 Å². The largest absolute Gasteiger partial charge is 0.379 e. The highest BCUT2D eigenvalue weighted by molar-refractivity contribution is 8.00. The summed E-state index contributed by atoms with van der Waals surface area (Å²) in [6.45, 7) is 5.29. The molecule has 2 rings (SSSR count). The van der Waals surface area contributed by atoms with Gasteiger partial charge >= 0.3 is 0 Å². The number of ether oxygens (including phenoxy) is 1. The molecule has 0 spiro atoms. The number of rotatable bonds is 4. The first-order chi connectivity index (χ1) is 6.40. The molecule has 2 fully saturated rings. The van der Waals surface area contributed by atoms with Gasteiger partial charge in [-0.25, -0.2) is 0 Å². The molecule has 0 aromatic rings. The first kappa shape index (κ1) is 9.81. The average molecular weight is 201 g/mol. The molecular weight excluding hydrogens is 182 g/mol. The van der Waals surface area contributed by atoms with Crippen molar-refractivity contribution in [3.8, 4) is 0 Å². The average Bonchev–Trinajstić information content (AvgIpc) is 2.46. The summed E-state index contributed by atoms with van der Waals surface area (Å²) in [5, 5.41) is 5.24. The molecular formula is C10H19NOS. The quantitative estimate of drug-likeness (QED) is 0.747. The van der Waals surface area contributed by atoms with E-state index in [2.05, 4.69) is 24.0 Å². The lowest BCUT2D eigenvalue weighted by atomic mass is 10.2. The Morgan fingerprint density at radius 3 is 2.85 bits per heavy atom. The molecule has 0 amide bonds. The highest BCUT2D eigenvalue weighted by Crippen LogP contribution is 2.34. The zero-order chi connectivity index (χ0) is 9.10. The van der Waals surface area contributed by atoms with Gasteiger partial charge in [0.25, 0.3) is 0 Å². The Kier molecular flexibility index (Phi) is 3.52. The van der Waals surface area contributed by atoms with Crippen molar-refractivity contribution in [2.24, 2.45) is 0 Å². The molecule has 3 heteroatoms. The first-order valence-electron chi connectivity index (χ1n) is 5.36. The molecule has 0 radical (unpaired) electrons. The minimum atomic E-state index is 0.774. The third-order valence-electron chi connectivity index (χ3n) is 2.89. The van der Waals surface area contributed by atoms with Gasteiger partial charge in [-0.05, 0) is 19.4 Å². The molecule has 1 aliphatic carbocycles. The van der Waals surface area contributed by atoms with Crippen molar-refractivity contribution in [3.63, 3.8) is 0 Å². The van der Waals surface area contributed by atoms with Gasteiger partial charge in [0, 0.05) is 11.3 Å². The van der Waals surface area contributed by atoms with Crippen molar-refractivity contribution in [2.45, 2.75) is 42.7 Å². The van der Waals surface area contributed by atoms with Crippen LogP contribution < -0.4 is 5.32 Å². The molecule has 2 atom stereocenters. The lowest BCUT2D eigenvalue weighted by Crippen LogP contribution is -2.38. The summed E-state index contributed by atoms with van der Waals surface area (Å²) in [7, 11) is 0. The minimum absolute atomic E-state index is 0.774. The third-order valence-corrected chi connectivity index (χ3v) is 4.46. The Bertz CT molecular complexity index is 161. The Hall–Kier alpha value is 0.270. The number of hydrogen-bond donors (Lipinski definition) is 1. The lowest BCUT2D eigenvalue weighted by molar-refractivity contribution is 0.0452. The van der Waals surface area contributed by atoms with Gasteiger partial charge in [-0.3, -0.25) is 0 Å². The van der Waals surface area contributed by atoms with E-state index in [0.29, 0.717) is 0 Å². The van der Waals surface area contributed by atoms with Crippen LogP contribution in [-0.4, -0.2) is 36.3 Å². The molecule has 2 aliphatic rings. The van der Waals surface area contributed by atoms with Gasteiger partial charge in [0.15, 0.2) is 0 Å². The molecule has 1 heterocycles. The molecule has 1 saturated carbocycles. The molecule has 1 aliphatic heterocycles. The van der Waals surface area contributed by atoms with Crippen LogP contribution in [0.15, 0.2) is 0 Å². The van der Waals surface area contributed by atoms with Crippen LogP contribution >= 0.6 is 11.8 Å². The van der Waals surface area contributed by atoms with Crippen molar-refractivity contribution in [3.05, 3.63) is 0 Å². The fourth-order valence-corrected chi connectivity index (χ4v) is 3.69. The van der Waals surface area contributed by atoms with Crippen molar-refractivity contribution >= 4 is 11.8 Å². The SMILES string of the molecule is CCNC1CCCC1SC1COC1. The molecule has 1 N–H and O–H groups in total. The first-order valence-corrected chi connectivity index (χ1v) is 6.31. The summed E-state index contributed by atoms with van der Waals surface area (Å²) in [6.07, 6.45) is 4.18. The number of hydrogen-bond acceptors (Lipinski definition) is 3. The second-order valence-electron chi connectivity index (χ2n) is 3.93. The van der Waals surface area contributed by atoms with Gasteiger partial charge in [0.1, 0.15) is 0 Å². The van der Waals surface area contributed by atoms with Crippen LogP contribution in [0.2, 0.25) is 0 Å². The predicted molar refractivity (Wildman–Crippen MR) is 57.3 cm³/mol. The second kappa shape index (κ2) is 4.67. The molecule has 1 saturated heterocycles. The van der Waals surface area contributed by atoms with Crippen molar-refractivity contribution in [2.75, 3.05) is 19.8 Å². The number of nitrogens with one attached hydrogen (secondary N) is 1. The van der Waals surface area contributed by atoms with Gasteiger partial charge in [-0.15, -0.1) is 11.8 Å². The van der Waals surface area contributed by atoms with Crippen LogP contribution in [-0.2, 0) is 4.74 Å². The predicted octanol–water partition coefficient (Wildman–Crippen LogP) is 1.65. The minimum Gasteiger partial charge on any atom is -0.379 e. The molecule has 0 bridgehead atoms. The third kappa shape index (κ3) is 2.39. The summed E-state index contributed by atoms with van der Waals surface area (Å²) in [6, 6.07) is 0.774. The summed E-state index contributed by atoms with van der Waals surface area (Å²) < 4.78 is 5.20. The highest BCUT2D eigenvalue weighted by Gasteiger charge is 2.31. The topological polar surface area (TPSA) is 21.3 Å². The Morgan fingerprint density at radius 2 is 2.23 bits per heavy atom. The van der Waals surface area contributed by atoms with E-state index >= 15 is 0 Å². The van der Waals surface area contributed by atoms with Gasteiger partial charge in [0.05, 0.1) is 18.5 Å². The van der Waals surface area contributed by atoms with Crippen LogP contribution in [0.25, 0.3) is 0 Å². The van der Waals surface area contributed by atoms with Crippen LogP contribution in [0.5, 0.6) is 0 Å². The maximum Gasteiger partial charge on any atom is 0.0608 e. The molecule has 13 heavy (non-hydrogen) atoms. The summed E-state index contributed by atoms with van der Waals surface area (Å²) in [5.74, 6) is 0. The Balaban J connectivity index is 1.75.